The predicted molar refractivity (Wildman–Crippen MR) is 101 cm³/mol. The molecule has 15 atom stereocenters. The van der Waals surface area contributed by atoms with E-state index in [1.54, 1.807) is 0 Å². The molecule has 0 bridgehead atoms. The lowest BCUT2D eigenvalue weighted by atomic mass is 10.0. The van der Waals surface area contributed by atoms with E-state index in [0.717, 1.165) is 14.2 Å². The van der Waals surface area contributed by atoms with Crippen molar-refractivity contribution in [3.05, 3.63) is 0 Å². The van der Waals surface area contributed by atoms with Crippen molar-refractivity contribution in [2.75, 3.05) is 21.3 Å². The summed E-state index contributed by atoms with van der Waals surface area (Å²) in [6.07, 6.45) is -25.0. The van der Waals surface area contributed by atoms with E-state index in [0.29, 0.717) is 0 Å². The van der Waals surface area contributed by atoms with Gasteiger partial charge >= 0.3 is 0 Å². The van der Waals surface area contributed by atoms with Gasteiger partial charge in [0.25, 0.3) is 0 Å². The minimum absolute atomic E-state index is 1.16. The van der Waals surface area contributed by atoms with Crippen LogP contribution in [0, 0.1) is 0 Å². The number of aliphatic hydroxyl groups is 8. The van der Waals surface area contributed by atoms with Gasteiger partial charge in [0.2, 0.25) is 0 Å². The molecule has 16 heteroatoms. The maximum Gasteiger partial charge on any atom is 0.190 e. The third kappa shape index (κ3) is 5.37. The van der Waals surface area contributed by atoms with E-state index < -0.39 is 92.7 Å². The number of rotatable bonds is 7. The zero-order chi connectivity index (χ0) is 25.3. The number of methoxy groups -OCH3 is 3. The predicted octanol–water partition coefficient (Wildman–Crippen LogP) is -5.74. The molecule has 34 heavy (non-hydrogen) atoms. The lowest BCUT2D eigenvalue weighted by molar-refractivity contribution is -0.421. The van der Waals surface area contributed by atoms with E-state index in [9.17, 15) is 40.9 Å². The van der Waals surface area contributed by atoms with E-state index >= 15 is 0 Å². The fourth-order valence-corrected chi connectivity index (χ4v) is 3.85. The van der Waals surface area contributed by atoms with Gasteiger partial charge in [-0.3, -0.25) is 0 Å². The Hall–Kier alpha value is -0.640. The third-order valence-electron chi connectivity index (χ3n) is 5.83. The van der Waals surface area contributed by atoms with E-state index in [2.05, 4.69) is 0 Å². The standard InChI is InChI=1S/C18H32O16/c1-27-14-9(24)5(20)11(13(26)32-14)30-18-12(6(21)10(25)16(29-3)34-18)31-17-8(23)4(19)7(22)15(28-2)33-17/h4-26H,1-3H3. The molecule has 200 valence electrons. The highest BCUT2D eigenvalue weighted by Gasteiger charge is 2.54. The topological polar surface area (TPSA) is 236 Å². The highest BCUT2D eigenvalue weighted by atomic mass is 16.8. The number of hydrogen-bond donors (Lipinski definition) is 8. The van der Waals surface area contributed by atoms with Gasteiger partial charge in [-0.05, 0) is 0 Å². The molecule has 15 unspecified atom stereocenters. The lowest BCUT2D eigenvalue weighted by Crippen LogP contribution is -2.66. The van der Waals surface area contributed by atoms with Gasteiger partial charge in [0, 0.05) is 21.3 Å². The van der Waals surface area contributed by atoms with Crippen LogP contribution >= 0.6 is 0 Å². The number of aliphatic hydroxyl groups excluding tert-OH is 8. The number of ether oxygens (including phenoxy) is 8. The molecule has 0 aromatic heterocycles. The van der Waals surface area contributed by atoms with Gasteiger partial charge in [0.05, 0.1) is 0 Å². The van der Waals surface area contributed by atoms with E-state index in [1.165, 1.54) is 7.11 Å². The van der Waals surface area contributed by atoms with Gasteiger partial charge < -0.3 is 78.7 Å². The van der Waals surface area contributed by atoms with Crippen molar-refractivity contribution < 1.29 is 78.7 Å². The monoisotopic (exact) mass is 504 g/mol. The normalized spacial score (nSPS) is 52.5. The van der Waals surface area contributed by atoms with Crippen molar-refractivity contribution in [3.8, 4) is 0 Å². The summed E-state index contributed by atoms with van der Waals surface area (Å²) in [5, 5.41) is 81.9. The van der Waals surface area contributed by atoms with Crippen LogP contribution in [0.4, 0.5) is 0 Å². The van der Waals surface area contributed by atoms with Crippen molar-refractivity contribution in [3.63, 3.8) is 0 Å². The first-order chi connectivity index (χ1) is 16.0. The largest absolute Gasteiger partial charge is 0.387 e. The molecule has 8 N–H and O–H groups in total. The maximum absolute atomic E-state index is 10.6. The fraction of sp³-hybridized carbons (Fsp3) is 1.00. The first-order valence-electron chi connectivity index (χ1n) is 10.4. The Kier molecular flexibility index (Phi) is 9.54. The van der Waals surface area contributed by atoms with Crippen LogP contribution in [0.25, 0.3) is 0 Å². The summed E-state index contributed by atoms with van der Waals surface area (Å²) in [6.45, 7) is 0. The molecule has 0 radical (unpaired) electrons. The van der Waals surface area contributed by atoms with Crippen molar-refractivity contribution in [1.82, 2.24) is 0 Å². The molecule has 0 spiro atoms. The molecule has 3 saturated heterocycles. The Morgan fingerprint density at radius 3 is 1.32 bits per heavy atom. The Morgan fingerprint density at radius 2 is 0.794 bits per heavy atom. The molecule has 0 aliphatic carbocycles. The molecule has 3 rings (SSSR count). The molecule has 0 saturated carbocycles. The third-order valence-corrected chi connectivity index (χ3v) is 5.83. The fourth-order valence-electron chi connectivity index (χ4n) is 3.85. The van der Waals surface area contributed by atoms with Crippen LogP contribution in [-0.2, 0) is 37.9 Å². The van der Waals surface area contributed by atoms with Gasteiger partial charge in [-0.2, -0.15) is 0 Å². The van der Waals surface area contributed by atoms with Gasteiger partial charge in [-0.1, -0.05) is 0 Å². The molecule has 3 heterocycles. The van der Waals surface area contributed by atoms with Gasteiger partial charge in [0.1, 0.15) is 54.9 Å². The molecule has 0 aromatic rings. The Balaban J connectivity index is 1.82. The summed E-state index contributed by atoms with van der Waals surface area (Å²) in [5.74, 6) is 0. The summed E-state index contributed by atoms with van der Waals surface area (Å²) >= 11 is 0. The van der Waals surface area contributed by atoms with Gasteiger partial charge in [-0.25, -0.2) is 0 Å². The van der Waals surface area contributed by atoms with E-state index in [4.69, 9.17) is 37.9 Å². The quantitative estimate of drug-likeness (QED) is 0.161. The highest BCUT2D eigenvalue weighted by molar-refractivity contribution is 4.93. The van der Waals surface area contributed by atoms with Crippen LogP contribution < -0.4 is 0 Å². The van der Waals surface area contributed by atoms with E-state index in [1.807, 2.05) is 0 Å². The van der Waals surface area contributed by atoms with Crippen LogP contribution in [0.5, 0.6) is 0 Å². The summed E-state index contributed by atoms with van der Waals surface area (Å²) in [4.78, 5) is 0. The second kappa shape index (κ2) is 11.6. The molecular weight excluding hydrogens is 472 g/mol. The van der Waals surface area contributed by atoms with Crippen molar-refractivity contribution in [1.29, 1.82) is 0 Å². The summed E-state index contributed by atoms with van der Waals surface area (Å²) < 4.78 is 41.5. The average Bonchev–Trinajstić information content (AvgIpc) is 2.83. The van der Waals surface area contributed by atoms with E-state index in [-0.39, 0.29) is 0 Å². The molecule has 16 nitrogen and oxygen atoms in total. The smallest absolute Gasteiger partial charge is 0.190 e. The summed E-state index contributed by atoms with van der Waals surface area (Å²) in [6, 6.07) is 0. The average molecular weight is 504 g/mol. The van der Waals surface area contributed by atoms with Gasteiger partial charge in [-0.15, -0.1) is 0 Å². The minimum atomic E-state index is -1.83. The Morgan fingerprint density at radius 1 is 0.412 bits per heavy atom. The lowest BCUT2D eigenvalue weighted by Gasteiger charge is -2.47. The van der Waals surface area contributed by atoms with Crippen LogP contribution in [0.3, 0.4) is 0 Å². The first-order valence-corrected chi connectivity index (χ1v) is 10.4. The van der Waals surface area contributed by atoms with Crippen molar-refractivity contribution >= 4 is 0 Å². The van der Waals surface area contributed by atoms with Crippen LogP contribution in [0.2, 0.25) is 0 Å². The highest BCUT2D eigenvalue weighted by Crippen LogP contribution is 2.32. The molecular formula is C18H32O16. The van der Waals surface area contributed by atoms with Crippen molar-refractivity contribution in [2.45, 2.75) is 92.7 Å². The minimum Gasteiger partial charge on any atom is -0.387 e. The Labute approximate surface area is 193 Å². The second-order valence-corrected chi connectivity index (χ2v) is 7.98. The molecule has 3 aliphatic rings. The van der Waals surface area contributed by atoms with Crippen LogP contribution in [0.15, 0.2) is 0 Å². The zero-order valence-electron chi connectivity index (χ0n) is 18.5. The molecule has 3 fully saturated rings. The van der Waals surface area contributed by atoms with Gasteiger partial charge in [0.15, 0.2) is 37.7 Å². The SMILES string of the molecule is COC1OC(OC2C(OC3C(O)OC(OC)C(O)C3O)OC(OC)C(O)C2O)C(O)C(O)C1O. The molecule has 3 aliphatic heterocycles. The first kappa shape index (κ1) is 27.9. The Bertz CT molecular complexity index is 639. The summed E-state index contributed by atoms with van der Waals surface area (Å²) in [7, 11) is 3.50. The zero-order valence-corrected chi connectivity index (χ0v) is 18.5. The maximum atomic E-state index is 10.6. The van der Waals surface area contributed by atoms with Crippen LogP contribution in [-0.4, -0.2) is 155 Å². The second-order valence-electron chi connectivity index (χ2n) is 7.98. The summed E-state index contributed by atoms with van der Waals surface area (Å²) in [5.41, 5.74) is 0. The molecule has 0 amide bonds. The number of hydrogen-bond acceptors (Lipinski definition) is 16. The molecule has 0 aromatic carbocycles. The van der Waals surface area contributed by atoms with Crippen LogP contribution in [0.1, 0.15) is 0 Å². The van der Waals surface area contributed by atoms with Crippen molar-refractivity contribution in [2.24, 2.45) is 0 Å².